The Morgan fingerprint density at radius 1 is 1.83 bits per heavy atom. The maximum atomic E-state index is 11.1. The van der Waals surface area contributed by atoms with Crippen LogP contribution >= 0.6 is 11.6 Å². The van der Waals surface area contributed by atoms with Crippen LogP contribution < -0.4 is 0 Å². The monoisotopic (exact) mass is 188 g/mol. The Kier molecular flexibility index (Phi) is 2.47. The highest BCUT2D eigenvalue weighted by atomic mass is 35.5. The van der Waals surface area contributed by atoms with Crippen molar-refractivity contribution in [2.75, 3.05) is 13.7 Å². The minimum atomic E-state index is -0.896. The maximum Gasteiger partial charge on any atom is 0.335 e. The predicted molar refractivity (Wildman–Crippen MR) is 47.1 cm³/mol. The number of nitrogens with zero attached hydrogens (tertiary/aromatic N) is 2. The number of ether oxygens (including phenoxy) is 1. The summed E-state index contributed by atoms with van der Waals surface area (Å²) < 4.78 is 4.56. The van der Waals surface area contributed by atoms with Crippen LogP contribution in [0.25, 0.3) is 0 Å². The molecule has 0 aromatic rings. The predicted octanol–water partition coefficient (Wildman–Crippen LogP) is 0.640. The molecule has 1 heterocycles. The van der Waals surface area contributed by atoms with Gasteiger partial charge in [-0.2, -0.15) is 0 Å². The van der Waals surface area contributed by atoms with Crippen LogP contribution in [0.15, 0.2) is 9.98 Å². The van der Waals surface area contributed by atoms with Gasteiger partial charge in [0.15, 0.2) is 5.54 Å². The molecular formula is C7H9ClN2O2. The lowest BCUT2D eigenvalue weighted by Gasteiger charge is -2.21. The van der Waals surface area contributed by atoms with Crippen molar-refractivity contribution in [2.24, 2.45) is 9.98 Å². The number of hydrogen-bond donors (Lipinski definition) is 0. The van der Waals surface area contributed by atoms with E-state index in [1.807, 2.05) is 0 Å². The fourth-order valence-corrected chi connectivity index (χ4v) is 0.953. The van der Waals surface area contributed by atoms with Crippen LogP contribution in [-0.4, -0.2) is 36.5 Å². The molecule has 1 aliphatic rings. The average molecular weight is 189 g/mol. The molecule has 1 aliphatic heterocycles. The van der Waals surface area contributed by atoms with E-state index in [-0.39, 0.29) is 6.54 Å². The Morgan fingerprint density at radius 3 is 2.92 bits per heavy atom. The van der Waals surface area contributed by atoms with Crippen molar-refractivity contribution in [3.8, 4) is 0 Å². The molecule has 0 saturated carbocycles. The molecule has 1 atom stereocenters. The average Bonchev–Trinajstić information content (AvgIpc) is 2.09. The van der Waals surface area contributed by atoms with Gasteiger partial charge in [-0.15, -0.1) is 0 Å². The van der Waals surface area contributed by atoms with Crippen LogP contribution in [-0.2, 0) is 9.53 Å². The minimum Gasteiger partial charge on any atom is -0.467 e. The minimum absolute atomic E-state index is 0.245. The summed E-state index contributed by atoms with van der Waals surface area (Å²) in [4.78, 5) is 19.0. The summed E-state index contributed by atoms with van der Waals surface area (Å²) in [5, 5.41) is 0.316. The second kappa shape index (κ2) is 3.23. The number of hydrogen-bond acceptors (Lipinski definition) is 4. The molecule has 12 heavy (non-hydrogen) atoms. The van der Waals surface area contributed by atoms with E-state index in [0.29, 0.717) is 5.17 Å². The van der Waals surface area contributed by atoms with E-state index in [1.165, 1.54) is 13.3 Å². The first kappa shape index (κ1) is 9.19. The Morgan fingerprint density at radius 2 is 2.50 bits per heavy atom. The molecule has 0 aromatic heterocycles. The van der Waals surface area contributed by atoms with Crippen molar-refractivity contribution in [2.45, 2.75) is 12.5 Å². The van der Waals surface area contributed by atoms with Crippen LogP contribution in [0.3, 0.4) is 0 Å². The largest absolute Gasteiger partial charge is 0.467 e. The van der Waals surface area contributed by atoms with Gasteiger partial charge in [0.25, 0.3) is 0 Å². The third-order valence-corrected chi connectivity index (χ3v) is 1.84. The summed E-state index contributed by atoms with van der Waals surface area (Å²) in [7, 11) is 1.32. The normalized spacial score (nSPS) is 28.1. The zero-order chi connectivity index (χ0) is 9.19. The van der Waals surface area contributed by atoms with Gasteiger partial charge in [-0.3, -0.25) is 9.98 Å². The second-order valence-corrected chi connectivity index (χ2v) is 3.05. The molecule has 0 aliphatic carbocycles. The highest BCUT2D eigenvalue weighted by Gasteiger charge is 2.34. The summed E-state index contributed by atoms with van der Waals surface area (Å²) in [5.41, 5.74) is -0.896. The molecule has 0 amide bonds. The van der Waals surface area contributed by atoms with E-state index in [9.17, 15) is 4.79 Å². The first-order valence-corrected chi connectivity index (χ1v) is 3.80. The Labute approximate surface area is 75.3 Å². The second-order valence-electron chi connectivity index (χ2n) is 2.66. The van der Waals surface area contributed by atoms with E-state index >= 15 is 0 Å². The first-order valence-electron chi connectivity index (χ1n) is 3.42. The van der Waals surface area contributed by atoms with Gasteiger partial charge in [0.05, 0.1) is 19.9 Å². The van der Waals surface area contributed by atoms with Gasteiger partial charge in [0.1, 0.15) is 5.17 Å². The summed E-state index contributed by atoms with van der Waals surface area (Å²) >= 11 is 5.54. The van der Waals surface area contributed by atoms with Crippen LogP contribution in [0.1, 0.15) is 6.92 Å². The fraction of sp³-hybridized carbons (Fsp3) is 0.571. The zero-order valence-corrected chi connectivity index (χ0v) is 7.63. The number of rotatable bonds is 1. The van der Waals surface area contributed by atoms with Gasteiger partial charge in [-0.1, -0.05) is 11.6 Å². The highest BCUT2D eigenvalue weighted by molar-refractivity contribution is 6.80. The SMILES string of the molecule is COC(=O)[C@@]1(C)CN=C(Cl)C=N1. The number of carbonyl (C=O) groups is 1. The Bertz CT molecular complexity index is 262. The molecular weight excluding hydrogens is 180 g/mol. The smallest absolute Gasteiger partial charge is 0.335 e. The third kappa shape index (κ3) is 1.64. The van der Waals surface area contributed by atoms with E-state index in [4.69, 9.17) is 11.6 Å². The van der Waals surface area contributed by atoms with Crippen LogP contribution in [0.2, 0.25) is 0 Å². The lowest BCUT2D eigenvalue weighted by Crippen LogP contribution is -2.40. The fourth-order valence-electron chi connectivity index (χ4n) is 0.844. The van der Waals surface area contributed by atoms with Crippen molar-refractivity contribution in [1.29, 1.82) is 0 Å². The maximum absolute atomic E-state index is 11.1. The summed E-state index contributed by atoms with van der Waals surface area (Å²) in [6.45, 7) is 1.90. The van der Waals surface area contributed by atoms with E-state index in [2.05, 4.69) is 14.7 Å². The lowest BCUT2D eigenvalue weighted by atomic mass is 10.0. The van der Waals surface area contributed by atoms with E-state index < -0.39 is 11.5 Å². The molecule has 0 bridgehead atoms. The number of carbonyl (C=O) groups excluding carboxylic acids is 1. The van der Waals surface area contributed by atoms with Crippen molar-refractivity contribution >= 4 is 29.0 Å². The number of aliphatic imine (C=N–C) groups is 2. The Balaban J connectivity index is 2.78. The highest BCUT2D eigenvalue weighted by Crippen LogP contribution is 2.15. The van der Waals surface area contributed by atoms with Gasteiger partial charge < -0.3 is 4.74 Å². The first-order chi connectivity index (χ1) is 5.58. The Hall–Kier alpha value is -0.900. The van der Waals surface area contributed by atoms with Crippen LogP contribution in [0, 0.1) is 0 Å². The summed E-state index contributed by atoms with van der Waals surface area (Å²) in [6, 6.07) is 0. The molecule has 1 rings (SSSR count). The van der Waals surface area contributed by atoms with Crippen molar-refractivity contribution in [3.63, 3.8) is 0 Å². The van der Waals surface area contributed by atoms with E-state index in [0.717, 1.165) is 0 Å². The quantitative estimate of drug-likeness (QED) is 0.567. The number of methoxy groups -OCH3 is 1. The zero-order valence-electron chi connectivity index (χ0n) is 6.87. The molecule has 0 radical (unpaired) electrons. The number of esters is 1. The lowest BCUT2D eigenvalue weighted by molar-refractivity contribution is -0.145. The van der Waals surface area contributed by atoms with Crippen molar-refractivity contribution in [3.05, 3.63) is 0 Å². The standard InChI is InChI=1S/C7H9ClN2O2/c1-7(6(11)12-2)4-9-5(8)3-10-7/h3H,4H2,1-2H3/t7-/m1/s1. The molecule has 66 valence electrons. The number of halogens is 1. The molecule has 0 spiro atoms. The third-order valence-electron chi connectivity index (χ3n) is 1.62. The molecule has 0 saturated heterocycles. The van der Waals surface area contributed by atoms with Gasteiger partial charge in [0, 0.05) is 0 Å². The molecule has 0 unspecified atom stereocenters. The van der Waals surface area contributed by atoms with Crippen molar-refractivity contribution < 1.29 is 9.53 Å². The van der Waals surface area contributed by atoms with Gasteiger partial charge >= 0.3 is 5.97 Å². The van der Waals surface area contributed by atoms with Crippen molar-refractivity contribution in [1.82, 2.24) is 0 Å². The topological polar surface area (TPSA) is 51.0 Å². The van der Waals surface area contributed by atoms with Crippen LogP contribution in [0.4, 0.5) is 0 Å². The molecule has 5 heteroatoms. The summed E-state index contributed by atoms with van der Waals surface area (Å²) in [6.07, 6.45) is 1.36. The van der Waals surface area contributed by atoms with E-state index in [1.54, 1.807) is 6.92 Å². The molecule has 0 N–H and O–H groups in total. The molecule has 4 nitrogen and oxygen atoms in total. The van der Waals surface area contributed by atoms with Gasteiger partial charge in [-0.25, -0.2) is 4.79 Å². The summed E-state index contributed by atoms with van der Waals surface area (Å²) in [5.74, 6) is -0.397. The van der Waals surface area contributed by atoms with Gasteiger partial charge in [0.2, 0.25) is 0 Å². The molecule has 0 aromatic carbocycles. The molecule has 0 fully saturated rings. The van der Waals surface area contributed by atoms with Gasteiger partial charge in [-0.05, 0) is 6.92 Å². The van der Waals surface area contributed by atoms with Crippen LogP contribution in [0.5, 0.6) is 0 Å².